The smallest absolute Gasteiger partial charge is 0.315 e. The Bertz CT molecular complexity index is 822. The van der Waals surface area contributed by atoms with E-state index in [-0.39, 0.29) is 17.9 Å². The van der Waals surface area contributed by atoms with E-state index in [2.05, 4.69) is 22.8 Å². The molecule has 146 valence electrons. The van der Waals surface area contributed by atoms with Gasteiger partial charge in [-0.2, -0.15) is 11.8 Å². The molecule has 2 amide bonds. The third kappa shape index (κ3) is 4.41. The van der Waals surface area contributed by atoms with E-state index in [0.717, 1.165) is 42.6 Å². The first-order valence-electron chi connectivity index (χ1n) is 10.1. The van der Waals surface area contributed by atoms with Gasteiger partial charge in [0.15, 0.2) is 5.78 Å². The highest BCUT2D eigenvalue weighted by molar-refractivity contribution is 8.00. The lowest BCUT2D eigenvalue weighted by Crippen LogP contribution is -2.36. The number of rotatable bonds is 8. The van der Waals surface area contributed by atoms with Gasteiger partial charge in [-0.1, -0.05) is 67.4 Å². The number of unbranched alkanes of at least 4 members (excludes halogenated alkanes) is 2. The van der Waals surface area contributed by atoms with Crippen molar-refractivity contribution in [3.63, 3.8) is 0 Å². The summed E-state index contributed by atoms with van der Waals surface area (Å²) in [5.74, 6) is 1.23. The van der Waals surface area contributed by atoms with Crippen molar-refractivity contribution in [2.75, 3.05) is 5.75 Å². The van der Waals surface area contributed by atoms with E-state index in [0.29, 0.717) is 17.7 Å². The SMILES string of the molecule is O=C1N[C@H]2[C@@H](CS[C@@H]2CCCCCC(=O)c2ccc(-c3ccccc3)cc2)N1. The maximum absolute atomic E-state index is 12.4. The molecule has 2 heterocycles. The highest BCUT2D eigenvalue weighted by atomic mass is 32.2. The fourth-order valence-electron chi connectivity index (χ4n) is 4.07. The van der Waals surface area contributed by atoms with Gasteiger partial charge in [0.2, 0.25) is 0 Å². The summed E-state index contributed by atoms with van der Waals surface area (Å²) < 4.78 is 0. The van der Waals surface area contributed by atoms with E-state index >= 15 is 0 Å². The highest BCUT2D eigenvalue weighted by Gasteiger charge is 2.42. The van der Waals surface area contributed by atoms with Gasteiger partial charge in [0.05, 0.1) is 12.1 Å². The Morgan fingerprint density at radius 2 is 1.68 bits per heavy atom. The molecule has 28 heavy (non-hydrogen) atoms. The molecule has 2 saturated heterocycles. The average Bonchev–Trinajstić information content (AvgIpc) is 3.28. The summed E-state index contributed by atoms with van der Waals surface area (Å²) in [7, 11) is 0. The van der Waals surface area contributed by atoms with Gasteiger partial charge in [-0.3, -0.25) is 4.79 Å². The quantitative estimate of drug-likeness (QED) is 0.389. The lowest BCUT2D eigenvalue weighted by Gasteiger charge is -2.16. The van der Waals surface area contributed by atoms with Crippen LogP contribution in [0, 0.1) is 0 Å². The number of nitrogens with one attached hydrogen (secondary N) is 2. The minimum Gasteiger partial charge on any atom is -0.332 e. The number of hydrogen-bond donors (Lipinski definition) is 2. The Labute approximate surface area is 170 Å². The first-order chi connectivity index (χ1) is 13.7. The number of thioether (sulfide) groups is 1. The van der Waals surface area contributed by atoms with Crippen molar-refractivity contribution in [3.05, 3.63) is 60.2 Å². The lowest BCUT2D eigenvalue weighted by atomic mass is 9.99. The third-order valence-electron chi connectivity index (χ3n) is 5.64. The van der Waals surface area contributed by atoms with Crippen molar-refractivity contribution in [2.24, 2.45) is 0 Å². The van der Waals surface area contributed by atoms with Crippen LogP contribution in [0.3, 0.4) is 0 Å². The van der Waals surface area contributed by atoms with Crippen LogP contribution >= 0.6 is 11.8 Å². The van der Waals surface area contributed by atoms with Gasteiger partial charge in [-0.25, -0.2) is 4.79 Å². The van der Waals surface area contributed by atoms with Crippen LogP contribution in [0.4, 0.5) is 4.79 Å². The van der Waals surface area contributed by atoms with Gasteiger partial charge >= 0.3 is 6.03 Å². The number of carbonyl (C=O) groups is 2. The summed E-state index contributed by atoms with van der Waals surface area (Å²) in [6, 6.07) is 18.7. The zero-order valence-electron chi connectivity index (χ0n) is 15.9. The summed E-state index contributed by atoms with van der Waals surface area (Å²) in [5.41, 5.74) is 3.11. The van der Waals surface area contributed by atoms with Crippen molar-refractivity contribution in [1.29, 1.82) is 0 Å². The fraction of sp³-hybridized carbons (Fsp3) is 0.391. The van der Waals surface area contributed by atoms with Gasteiger partial charge in [0, 0.05) is 23.0 Å². The largest absolute Gasteiger partial charge is 0.332 e. The molecule has 2 N–H and O–H groups in total. The van der Waals surface area contributed by atoms with Gasteiger partial charge in [0.25, 0.3) is 0 Å². The number of Topliss-reactive ketones (excluding diaryl/α,β-unsaturated/α-hetero) is 1. The Hall–Kier alpha value is -2.27. The third-order valence-corrected chi connectivity index (χ3v) is 7.15. The topological polar surface area (TPSA) is 58.2 Å². The van der Waals surface area contributed by atoms with Crippen molar-refractivity contribution in [1.82, 2.24) is 10.6 Å². The second kappa shape index (κ2) is 8.82. The Balaban J connectivity index is 1.18. The molecule has 3 atom stereocenters. The van der Waals surface area contributed by atoms with Crippen molar-refractivity contribution in [3.8, 4) is 11.1 Å². The number of ketones is 1. The molecule has 0 aliphatic carbocycles. The van der Waals surface area contributed by atoms with Gasteiger partial charge < -0.3 is 10.6 Å². The van der Waals surface area contributed by atoms with E-state index < -0.39 is 0 Å². The van der Waals surface area contributed by atoms with Crippen LogP contribution < -0.4 is 10.6 Å². The van der Waals surface area contributed by atoms with Crippen LogP contribution in [0.2, 0.25) is 0 Å². The van der Waals surface area contributed by atoms with Crippen molar-refractivity contribution >= 4 is 23.6 Å². The molecule has 2 aromatic rings. The first-order valence-corrected chi connectivity index (χ1v) is 11.1. The predicted octanol–water partition coefficient (Wildman–Crippen LogP) is 4.65. The maximum atomic E-state index is 12.4. The molecule has 0 spiro atoms. The second-order valence-corrected chi connectivity index (χ2v) is 8.86. The molecule has 0 aromatic heterocycles. The standard InChI is InChI=1S/C23H26N2O2S/c26-20(18-13-11-17(12-14-18)16-7-3-1-4-8-16)9-5-2-6-10-21-22-19(15-28-21)24-23(27)25-22/h1,3-4,7-8,11-14,19,21-22H,2,5-6,9-10,15H2,(H2,24,25,27)/t19-,21-,22+/m1/s1. The Morgan fingerprint density at radius 3 is 2.46 bits per heavy atom. The van der Waals surface area contributed by atoms with E-state index in [1.807, 2.05) is 54.2 Å². The number of amides is 2. The van der Waals surface area contributed by atoms with Crippen LogP contribution in [0.25, 0.3) is 11.1 Å². The number of carbonyl (C=O) groups excluding carboxylic acids is 2. The summed E-state index contributed by atoms with van der Waals surface area (Å²) in [5, 5.41) is 6.52. The minimum atomic E-state index is -0.0239. The molecule has 5 heteroatoms. The molecule has 0 bridgehead atoms. The molecule has 4 nitrogen and oxygen atoms in total. The first kappa shape index (κ1) is 19.1. The van der Waals surface area contributed by atoms with Crippen molar-refractivity contribution in [2.45, 2.75) is 49.4 Å². The molecule has 2 aromatic carbocycles. The van der Waals surface area contributed by atoms with E-state index in [1.165, 1.54) is 5.56 Å². The number of hydrogen-bond acceptors (Lipinski definition) is 3. The van der Waals surface area contributed by atoms with Gasteiger partial charge in [0.1, 0.15) is 0 Å². The number of fused-ring (bicyclic) bond motifs is 1. The maximum Gasteiger partial charge on any atom is 0.315 e. The average molecular weight is 395 g/mol. The molecule has 2 aliphatic heterocycles. The number of urea groups is 1. The molecule has 0 unspecified atom stereocenters. The van der Waals surface area contributed by atoms with Crippen molar-refractivity contribution < 1.29 is 9.59 Å². The fourth-order valence-corrected chi connectivity index (χ4v) is 5.62. The molecule has 0 radical (unpaired) electrons. The van der Waals surface area contributed by atoms with E-state index in [1.54, 1.807) is 0 Å². The Kier molecular flexibility index (Phi) is 6.01. The summed E-state index contributed by atoms with van der Waals surface area (Å²) >= 11 is 1.95. The molecule has 2 aliphatic rings. The second-order valence-electron chi connectivity index (χ2n) is 7.59. The summed E-state index contributed by atoms with van der Waals surface area (Å²) in [6.45, 7) is 0. The Morgan fingerprint density at radius 1 is 0.929 bits per heavy atom. The van der Waals surface area contributed by atoms with E-state index in [4.69, 9.17) is 0 Å². The van der Waals surface area contributed by atoms with Crippen LogP contribution in [-0.4, -0.2) is 34.9 Å². The zero-order valence-corrected chi connectivity index (χ0v) is 16.7. The highest BCUT2D eigenvalue weighted by Crippen LogP contribution is 2.33. The predicted molar refractivity (Wildman–Crippen MR) is 115 cm³/mol. The van der Waals surface area contributed by atoms with Crippen LogP contribution in [0.1, 0.15) is 42.5 Å². The lowest BCUT2D eigenvalue weighted by molar-refractivity contribution is 0.0979. The molecule has 0 saturated carbocycles. The van der Waals surface area contributed by atoms with Gasteiger partial charge in [-0.15, -0.1) is 0 Å². The molecular weight excluding hydrogens is 368 g/mol. The zero-order chi connectivity index (χ0) is 19.3. The minimum absolute atomic E-state index is 0.0239. The molecule has 4 rings (SSSR count). The van der Waals surface area contributed by atoms with Crippen LogP contribution in [0.5, 0.6) is 0 Å². The normalized spacial score (nSPS) is 23.1. The monoisotopic (exact) mass is 394 g/mol. The van der Waals surface area contributed by atoms with Gasteiger partial charge in [-0.05, 0) is 24.0 Å². The molecule has 2 fully saturated rings. The van der Waals surface area contributed by atoms with E-state index in [9.17, 15) is 9.59 Å². The number of benzene rings is 2. The van der Waals surface area contributed by atoms with Crippen LogP contribution in [0.15, 0.2) is 54.6 Å². The molecular formula is C23H26N2O2S. The summed E-state index contributed by atoms with van der Waals surface area (Å²) in [6.07, 6.45) is 4.80. The van der Waals surface area contributed by atoms with Crippen LogP contribution in [-0.2, 0) is 0 Å². The summed E-state index contributed by atoms with van der Waals surface area (Å²) in [4.78, 5) is 23.9.